The summed E-state index contributed by atoms with van der Waals surface area (Å²) in [6.07, 6.45) is 3.31. The van der Waals surface area contributed by atoms with E-state index < -0.39 is 0 Å². The molecule has 1 N–H and O–H groups in total. The normalized spacial score (nSPS) is 14.6. The summed E-state index contributed by atoms with van der Waals surface area (Å²) >= 11 is 0.906. The summed E-state index contributed by atoms with van der Waals surface area (Å²) < 4.78 is 16.3. The molecule has 0 radical (unpaired) electrons. The molecule has 2 amide bonds. The van der Waals surface area contributed by atoms with Crippen molar-refractivity contribution in [1.82, 2.24) is 4.90 Å². The predicted octanol–water partition coefficient (Wildman–Crippen LogP) is 4.76. The van der Waals surface area contributed by atoms with Gasteiger partial charge in [-0.1, -0.05) is 18.7 Å². The van der Waals surface area contributed by atoms with Crippen molar-refractivity contribution in [3.05, 3.63) is 65.6 Å². The maximum absolute atomic E-state index is 12.7. The fourth-order valence-electron chi connectivity index (χ4n) is 2.84. The number of carbonyl (C=O) groups excluding carboxylic acids is 2. The monoisotopic (exact) mass is 440 g/mol. The lowest BCUT2D eigenvalue weighted by atomic mass is 10.2. The highest BCUT2D eigenvalue weighted by atomic mass is 32.2. The van der Waals surface area contributed by atoms with Crippen LogP contribution >= 0.6 is 11.8 Å². The highest BCUT2D eigenvalue weighted by Gasteiger charge is 2.34. The topological polar surface area (TPSA) is 77.1 Å². The fraction of sp³-hybridized carbons (Fsp3) is 0.217. The first-order chi connectivity index (χ1) is 15.0. The van der Waals surface area contributed by atoms with Crippen LogP contribution in [-0.4, -0.2) is 43.0 Å². The molecule has 1 fully saturated rings. The average molecular weight is 441 g/mol. The molecule has 3 rings (SSSR count). The Balaban J connectivity index is 1.67. The molecular formula is C23H24N2O5S. The summed E-state index contributed by atoms with van der Waals surface area (Å²) in [7, 11) is 1.54. The zero-order valence-electron chi connectivity index (χ0n) is 17.4. The van der Waals surface area contributed by atoms with Gasteiger partial charge in [-0.05, 0) is 66.7 Å². The van der Waals surface area contributed by atoms with Crippen molar-refractivity contribution in [3.8, 4) is 17.2 Å². The molecule has 31 heavy (non-hydrogen) atoms. The molecule has 1 aliphatic rings. The SMILES string of the molecule is C=CCOc1ccc(C=C2SC(=O)N(CNc3ccc(OCC)cc3)C2=O)cc1OC. The number of hydrogen-bond donors (Lipinski definition) is 1. The van der Waals surface area contributed by atoms with Gasteiger partial charge in [0.1, 0.15) is 12.4 Å². The molecule has 0 atom stereocenters. The molecule has 2 aromatic carbocycles. The summed E-state index contributed by atoms with van der Waals surface area (Å²) in [6, 6.07) is 12.6. The van der Waals surface area contributed by atoms with Gasteiger partial charge >= 0.3 is 0 Å². The summed E-state index contributed by atoms with van der Waals surface area (Å²) in [5.41, 5.74) is 1.51. The molecule has 0 aliphatic carbocycles. The molecule has 0 aromatic heterocycles. The molecule has 2 aromatic rings. The lowest BCUT2D eigenvalue weighted by molar-refractivity contribution is -0.122. The third kappa shape index (κ3) is 5.61. The van der Waals surface area contributed by atoms with Gasteiger partial charge in [0, 0.05) is 5.69 Å². The Kier molecular flexibility index (Phi) is 7.61. The molecule has 0 saturated carbocycles. The lowest BCUT2D eigenvalue weighted by Crippen LogP contribution is -2.33. The van der Waals surface area contributed by atoms with Gasteiger partial charge in [0.15, 0.2) is 11.5 Å². The smallest absolute Gasteiger partial charge is 0.295 e. The number of anilines is 1. The number of benzene rings is 2. The minimum Gasteiger partial charge on any atom is -0.494 e. The van der Waals surface area contributed by atoms with Gasteiger partial charge in [-0.3, -0.25) is 14.5 Å². The molecular weight excluding hydrogens is 416 g/mol. The van der Waals surface area contributed by atoms with Gasteiger partial charge in [-0.2, -0.15) is 0 Å². The summed E-state index contributed by atoms with van der Waals surface area (Å²) in [6.45, 7) is 6.56. The van der Waals surface area contributed by atoms with E-state index in [2.05, 4.69) is 11.9 Å². The van der Waals surface area contributed by atoms with Crippen molar-refractivity contribution in [3.63, 3.8) is 0 Å². The maximum Gasteiger partial charge on any atom is 0.295 e. The highest BCUT2D eigenvalue weighted by Crippen LogP contribution is 2.34. The first-order valence-corrected chi connectivity index (χ1v) is 10.5. The van der Waals surface area contributed by atoms with Crippen LogP contribution in [0.3, 0.4) is 0 Å². The Hall–Kier alpha value is -3.39. The number of rotatable bonds is 10. The second-order valence-corrected chi connectivity index (χ2v) is 7.41. The van der Waals surface area contributed by atoms with Gasteiger partial charge < -0.3 is 19.5 Å². The Morgan fingerprint density at radius 1 is 1.10 bits per heavy atom. The second-order valence-electron chi connectivity index (χ2n) is 6.41. The van der Waals surface area contributed by atoms with Crippen LogP contribution in [-0.2, 0) is 4.79 Å². The maximum atomic E-state index is 12.7. The number of carbonyl (C=O) groups is 2. The van der Waals surface area contributed by atoms with E-state index in [1.165, 1.54) is 4.90 Å². The van der Waals surface area contributed by atoms with E-state index in [0.717, 1.165) is 28.8 Å². The van der Waals surface area contributed by atoms with Gasteiger partial charge in [0.2, 0.25) is 0 Å². The Labute approximate surface area is 185 Å². The van der Waals surface area contributed by atoms with Crippen molar-refractivity contribution in [2.75, 3.05) is 32.3 Å². The van der Waals surface area contributed by atoms with Crippen molar-refractivity contribution in [2.24, 2.45) is 0 Å². The van der Waals surface area contributed by atoms with Crippen molar-refractivity contribution >= 4 is 34.7 Å². The van der Waals surface area contributed by atoms with E-state index in [-0.39, 0.29) is 17.8 Å². The molecule has 0 spiro atoms. The fourth-order valence-corrected chi connectivity index (χ4v) is 3.67. The first-order valence-electron chi connectivity index (χ1n) is 9.69. The average Bonchev–Trinajstić information content (AvgIpc) is 3.04. The van der Waals surface area contributed by atoms with Gasteiger partial charge in [-0.25, -0.2) is 0 Å². The van der Waals surface area contributed by atoms with Gasteiger partial charge in [0.25, 0.3) is 11.1 Å². The Morgan fingerprint density at radius 3 is 2.55 bits per heavy atom. The van der Waals surface area contributed by atoms with Crippen molar-refractivity contribution in [1.29, 1.82) is 0 Å². The third-order valence-corrected chi connectivity index (χ3v) is 5.23. The number of amides is 2. The number of methoxy groups -OCH3 is 1. The molecule has 8 heteroatoms. The highest BCUT2D eigenvalue weighted by molar-refractivity contribution is 8.18. The molecule has 0 bridgehead atoms. The van der Waals surface area contributed by atoms with Gasteiger partial charge in [-0.15, -0.1) is 0 Å². The van der Waals surface area contributed by atoms with Crippen LogP contribution < -0.4 is 19.5 Å². The minimum atomic E-state index is -0.348. The largest absolute Gasteiger partial charge is 0.494 e. The summed E-state index contributed by atoms with van der Waals surface area (Å²) in [5, 5.41) is 2.76. The van der Waals surface area contributed by atoms with Crippen LogP contribution in [0.4, 0.5) is 10.5 Å². The minimum absolute atomic E-state index is 0.0770. The van der Waals surface area contributed by atoms with E-state index in [9.17, 15) is 9.59 Å². The summed E-state index contributed by atoms with van der Waals surface area (Å²) in [5.74, 6) is 1.53. The molecule has 162 valence electrons. The van der Waals surface area contributed by atoms with Crippen LogP contribution in [0.1, 0.15) is 12.5 Å². The Bertz CT molecular complexity index is 988. The number of ether oxygens (including phenoxy) is 3. The zero-order chi connectivity index (χ0) is 22.2. The summed E-state index contributed by atoms with van der Waals surface area (Å²) in [4.78, 5) is 26.6. The molecule has 7 nitrogen and oxygen atoms in total. The molecule has 1 saturated heterocycles. The lowest BCUT2D eigenvalue weighted by Gasteiger charge is -2.14. The Morgan fingerprint density at radius 2 is 1.87 bits per heavy atom. The number of hydrogen-bond acceptors (Lipinski definition) is 7. The van der Waals surface area contributed by atoms with Crippen LogP contribution in [0.15, 0.2) is 60.0 Å². The van der Waals surface area contributed by atoms with Crippen LogP contribution in [0.25, 0.3) is 6.08 Å². The molecule has 1 heterocycles. The number of thioether (sulfide) groups is 1. The van der Waals surface area contributed by atoms with E-state index in [0.29, 0.717) is 29.6 Å². The number of nitrogens with zero attached hydrogens (tertiary/aromatic N) is 1. The van der Waals surface area contributed by atoms with E-state index in [4.69, 9.17) is 14.2 Å². The molecule has 0 unspecified atom stereocenters. The molecule has 1 aliphatic heterocycles. The standard InChI is InChI=1S/C23H24N2O5S/c1-4-12-30-19-11-6-16(13-20(19)28-3)14-21-22(26)25(23(27)31-21)15-24-17-7-9-18(10-8-17)29-5-2/h4,6-11,13-14,24H,1,5,12,15H2,2-3H3. The van der Waals surface area contributed by atoms with Crippen LogP contribution in [0.2, 0.25) is 0 Å². The van der Waals surface area contributed by atoms with Crippen molar-refractivity contribution in [2.45, 2.75) is 6.92 Å². The van der Waals surface area contributed by atoms with E-state index in [1.807, 2.05) is 31.2 Å². The van der Waals surface area contributed by atoms with Crippen LogP contribution in [0, 0.1) is 0 Å². The van der Waals surface area contributed by atoms with E-state index >= 15 is 0 Å². The predicted molar refractivity (Wildman–Crippen MR) is 123 cm³/mol. The van der Waals surface area contributed by atoms with Crippen LogP contribution in [0.5, 0.6) is 17.2 Å². The third-order valence-electron chi connectivity index (χ3n) is 4.32. The van der Waals surface area contributed by atoms with Gasteiger partial charge in [0.05, 0.1) is 25.3 Å². The number of nitrogens with one attached hydrogen (secondary N) is 1. The second kappa shape index (κ2) is 10.6. The number of imide groups is 1. The first kappa shape index (κ1) is 22.3. The zero-order valence-corrected chi connectivity index (χ0v) is 18.2. The quantitative estimate of drug-likeness (QED) is 0.421. The van der Waals surface area contributed by atoms with E-state index in [1.54, 1.807) is 37.5 Å². The van der Waals surface area contributed by atoms with Crippen molar-refractivity contribution < 1.29 is 23.8 Å².